The molecular weight excluding hydrogens is 244 g/mol. The smallest absolute Gasteiger partial charge is 0.267 e. The number of aromatic nitrogens is 1. The summed E-state index contributed by atoms with van der Waals surface area (Å²) in [5, 5.41) is 0. The molecule has 0 spiro atoms. The number of rotatable bonds is 2. The van der Waals surface area contributed by atoms with Gasteiger partial charge in [-0.05, 0) is 26.1 Å². The number of carbonyl (C=O) groups excluding carboxylic acids is 2. The Morgan fingerprint density at radius 1 is 1.37 bits per heavy atom. The number of likely N-dealkylation sites (N-methyl/N-ethyl adjacent to an activating group) is 1. The number of hydrogen-bond donors (Lipinski definition) is 1. The highest BCUT2D eigenvalue weighted by Crippen LogP contribution is 2.12. The molecular formula is C13H18N4O2. The number of carbonyl (C=O) groups is 2. The number of amides is 2. The molecule has 0 unspecified atom stereocenters. The fourth-order valence-electron chi connectivity index (χ4n) is 2.27. The van der Waals surface area contributed by atoms with Crippen molar-refractivity contribution in [3.63, 3.8) is 0 Å². The average molecular weight is 262 g/mol. The first-order chi connectivity index (χ1) is 8.99. The molecule has 1 saturated heterocycles. The second-order valence-corrected chi connectivity index (χ2v) is 4.91. The molecule has 2 heterocycles. The molecule has 0 aromatic carbocycles. The van der Waals surface area contributed by atoms with Gasteiger partial charge in [0.2, 0.25) is 0 Å². The molecule has 1 atom stereocenters. The van der Waals surface area contributed by atoms with E-state index in [0.717, 1.165) is 13.1 Å². The van der Waals surface area contributed by atoms with E-state index in [1.54, 1.807) is 6.07 Å². The highest BCUT2D eigenvalue weighted by molar-refractivity contribution is 5.96. The number of pyridine rings is 1. The van der Waals surface area contributed by atoms with Crippen molar-refractivity contribution >= 4 is 11.8 Å². The highest BCUT2D eigenvalue weighted by atomic mass is 16.2. The summed E-state index contributed by atoms with van der Waals surface area (Å²) in [5.74, 6) is -0.643. The van der Waals surface area contributed by atoms with Crippen molar-refractivity contribution in [2.24, 2.45) is 5.73 Å². The molecule has 6 heteroatoms. The number of nitrogens with two attached hydrogens (primary N) is 1. The third kappa shape index (κ3) is 2.90. The van der Waals surface area contributed by atoms with Crippen LogP contribution in [0.1, 0.15) is 27.8 Å². The summed E-state index contributed by atoms with van der Waals surface area (Å²) in [6.07, 6.45) is 1.41. The first kappa shape index (κ1) is 13.5. The quantitative estimate of drug-likeness (QED) is 0.811. The van der Waals surface area contributed by atoms with Gasteiger partial charge >= 0.3 is 0 Å². The van der Waals surface area contributed by atoms with E-state index in [1.165, 1.54) is 12.3 Å². The summed E-state index contributed by atoms with van der Waals surface area (Å²) < 4.78 is 0. The highest BCUT2D eigenvalue weighted by Gasteiger charge is 2.26. The summed E-state index contributed by atoms with van der Waals surface area (Å²) in [6, 6.07) is 3.25. The van der Waals surface area contributed by atoms with Gasteiger partial charge in [0.25, 0.3) is 11.8 Å². The van der Waals surface area contributed by atoms with Crippen molar-refractivity contribution in [3.8, 4) is 0 Å². The van der Waals surface area contributed by atoms with Gasteiger partial charge in [-0.15, -0.1) is 0 Å². The van der Waals surface area contributed by atoms with Gasteiger partial charge in [0.05, 0.1) is 5.56 Å². The van der Waals surface area contributed by atoms with Crippen molar-refractivity contribution in [1.29, 1.82) is 0 Å². The zero-order valence-electron chi connectivity index (χ0n) is 11.2. The molecule has 2 rings (SSSR count). The Morgan fingerprint density at radius 3 is 2.63 bits per heavy atom. The lowest BCUT2D eigenvalue weighted by Gasteiger charge is -2.38. The number of hydrogen-bond acceptors (Lipinski definition) is 4. The largest absolute Gasteiger partial charge is 0.364 e. The fraction of sp³-hybridized carbons (Fsp3) is 0.462. The van der Waals surface area contributed by atoms with Gasteiger partial charge in [0.1, 0.15) is 5.69 Å². The minimum Gasteiger partial charge on any atom is -0.364 e. The van der Waals surface area contributed by atoms with Gasteiger partial charge in [0.15, 0.2) is 0 Å². The number of piperazine rings is 1. The topological polar surface area (TPSA) is 79.5 Å². The van der Waals surface area contributed by atoms with E-state index in [0.29, 0.717) is 12.1 Å². The van der Waals surface area contributed by atoms with Crippen LogP contribution in [0.5, 0.6) is 0 Å². The van der Waals surface area contributed by atoms with Crippen LogP contribution in [0.15, 0.2) is 18.3 Å². The molecule has 6 nitrogen and oxygen atoms in total. The number of primary amides is 1. The Kier molecular flexibility index (Phi) is 3.80. The second-order valence-electron chi connectivity index (χ2n) is 4.91. The normalized spacial score (nSPS) is 20.3. The zero-order chi connectivity index (χ0) is 14.0. The van der Waals surface area contributed by atoms with Gasteiger partial charge in [-0.3, -0.25) is 14.6 Å². The summed E-state index contributed by atoms with van der Waals surface area (Å²) in [5.41, 5.74) is 5.77. The molecule has 102 valence electrons. The maximum absolute atomic E-state index is 12.3. The minimum atomic E-state index is -0.591. The summed E-state index contributed by atoms with van der Waals surface area (Å²) in [4.78, 5) is 31.2. The molecule has 1 aliphatic rings. The molecule has 0 saturated carbocycles. The van der Waals surface area contributed by atoms with Gasteiger partial charge in [-0.2, -0.15) is 0 Å². The molecule has 2 N–H and O–H groups in total. The lowest BCUT2D eigenvalue weighted by molar-refractivity contribution is 0.0533. The van der Waals surface area contributed by atoms with Crippen molar-refractivity contribution in [3.05, 3.63) is 29.6 Å². The maximum Gasteiger partial charge on any atom is 0.267 e. The van der Waals surface area contributed by atoms with Crippen molar-refractivity contribution in [2.45, 2.75) is 13.0 Å². The lowest BCUT2D eigenvalue weighted by Crippen LogP contribution is -2.52. The third-order valence-electron chi connectivity index (χ3n) is 3.35. The Bertz CT molecular complexity index is 486. The molecule has 2 amide bonds. The minimum absolute atomic E-state index is 0.0517. The molecule has 0 aliphatic carbocycles. The SMILES string of the molecule is C[C@H]1CN(C)CCN1C(=O)c1ccc(C(N)=O)nc1. The summed E-state index contributed by atoms with van der Waals surface area (Å²) >= 11 is 0. The lowest BCUT2D eigenvalue weighted by atomic mass is 10.1. The Morgan fingerprint density at radius 2 is 2.11 bits per heavy atom. The first-order valence-electron chi connectivity index (χ1n) is 6.24. The predicted molar refractivity (Wildman–Crippen MR) is 70.8 cm³/mol. The van der Waals surface area contributed by atoms with E-state index < -0.39 is 5.91 Å². The molecule has 1 fully saturated rings. The Hall–Kier alpha value is -1.95. The molecule has 19 heavy (non-hydrogen) atoms. The standard InChI is InChI=1S/C13H18N4O2/c1-9-8-16(2)5-6-17(9)13(19)10-3-4-11(12(14)18)15-7-10/h3-4,7,9H,5-6,8H2,1-2H3,(H2,14,18)/t9-/m0/s1. The van der Waals surface area contributed by atoms with E-state index in [4.69, 9.17) is 5.73 Å². The van der Waals surface area contributed by atoms with Crippen LogP contribution in [0, 0.1) is 0 Å². The summed E-state index contributed by atoms with van der Waals surface area (Å²) in [6.45, 7) is 4.45. The average Bonchev–Trinajstić information content (AvgIpc) is 2.38. The van der Waals surface area contributed by atoms with Gasteiger partial charge in [-0.1, -0.05) is 0 Å². The third-order valence-corrected chi connectivity index (χ3v) is 3.35. The first-order valence-corrected chi connectivity index (χ1v) is 6.24. The fourth-order valence-corrected chi connectivity index (χ4v) is 2.27. The van der Waals surface area contributed by atoms with Gasteiger partial charge in [-0.25, -0.2) is 0 Å². The van der Waals surface area contributed by atoms with Crippen molar-refractivity contribution in [2.75, 3.05) is 26.7 Å². The maximum atomic E-state index is 12.3. The second kappa shape index (κ2) is 5.36. The van der Waals surface area contributed by atoms with E-state index >= 15 is 0 Å². The molecule has 1 aliphatic heterocycles. The van der Waals surface area contributed by atoms with Crippen LogP contribution in [0.2, 0.25) is 0 Å². The summed E-state index contributed by atoms with van der Waals surface area (Å²) in [7, 11) is 2.04. The van der Waals surface area contributed by atoms with Crippen LogP contribution < -0.4 is 5.73 Å². The van der Waals surface area contributed by atoms with Crippen molar-refractivity contribution < 1.29 is 9.59 Å². The van der Waals surface area contributed by atoms with Crippen LogP contribution in [0.25, 0.3) is 0 Å². The monoisotopic (exact) mass is 262 g/mol. The number of nitrogens with zero attached hydrogens (tertiary/aromatic N) is 3. The van der Waals surface area contributed by atoms with Crippen LogP contribution in [-0.4, -0.2) is 59.3 Å². The van der Waals surface area contributed by atoms with Gasteiger partial charge < -0.3 is 15.5 Å². The van der Waals surface area contributed by atoms with Crippen LogP contribution in [-0.2, 0) is 0 Å². The molecule has 1 aromatic rings. The molecule has 1 aromatic heterocycles. The zero-order valence-corrected chi connectivity index (χ0v) is 11.2. The van der Waals surface area contributed by atoms with E-state index in [1.807, 2.05) is 18.9 Å². The predicted octanol–water partition coefficient (Wildman–Crippen LogP) is -0.0434. The Labute approximate surface area is 112 Å². The van der Waals surface area contributed by atoms with Crippen LogP contribution in [0.3, 0.4) is 0 Å². The van der Waals surface area contributed by atoms with Crippen LogP contribution >= 0.6 is 0 Å². The molecule has 0 radical (unpaired) electrons. The van der Waals surface area contributed by atoms with Crippen molar-refractivity contribution in [1.82, 2.24) is 14.8 Å². The van der Waals surface area contributed by atoms with Crippen LogP contribution in [0.4, 0.5) is 0 Å². The van der Waals surface area contributed by atoms with E-state index in [-0.39, 0.29) is 17.6 Å². The van der Waals surface area contributed by atoms with E-state index in [9.17, 15) is 9.59 Å². The molecule has 0 bridgehead atoms. The Balaban J connectivity index is 2.13. The van der Waals surface area contributed by atoms with Gasteiger partial charge in [0, 0.05) is 31.9 Å². The van der Waals surface area contributed by atoms with E-state index in [2.05, 4.69) is 9.88 Å².